The van der Waals surface area contributed by atoms with Crippen LogP contribution in [0.25, 0.3) is 0 Å². The molecule has 2 nitrogen and oxygen atoms in total. The van der Waals surface area contributed by atoms with Crippen LogP contribution in [0.5, 0.6) is 0 Å². The van der Waals surface area contributed by atoms with Crippen molar-refractivity contribution in [3.63, 3.8) is 0 Å². The Kier molecular flexibility index (Phi) is 1.51. The fourth-order valence-electron chi connectivity index (χ4n) is 2.66. The van der Waals surface area contributed by atoms with Crippen molar-refractivity contribution in [3.8, 4) is 0 Å². The lowest BCUT2D eigenvalue weighted by Gasteiger charge is -2.21. The first kappa shape index (κ1) is 8.09. The maximum Gasteiger partial charge on any atom is 0.219 e. The number of hydrogen-bond donors (Lipinski definition) is 0. The molecule has 0 aromatic rings. The quantitative estimate of drug-likeness (QED) is 0.579. The van der Waals surface area contributed by atoms with Crippen LogP contribution in [0.15, 0.2) is 0 Å². The highest BCUT2D eigenvalue weighted by Gasteiger charge is 2.61. The van der Waals surface area contributed by atoms with E-state index in [1.807, 2.05) is 4.90 Å². The third kappa shape index (κ3) is 0.900. The molecule has 2 aliphatic rings. The van der Waals surface area contributed by atoms with Gasteiger partial charge in [0.25, 0.3) is 0 Å². The van der Waals surface area contributed by atoms with Gasteiger partial charge in [0, 0.05) is 20.0 Å². The molecular weight excluding hydrogens is 150 g/mol. The van der Waals surface area contributed by atoms with Crippen LogP contribution in [0.4, 0.5) is 0 Å². The van der Waals surface area contributed by atoms with Gasteiger partial charge in [0.05, 0.1) is 0 Å². The van der Waals surface area contributed by atoms with E-state index >= 15 is 0 Å². The summed E-state index contributed by atoms with van der Waals surface area (Å²) in [5.74, 6) is 1.82. The van der Waals surface area contributed by atoms with Crippen molar-refractivity contribution >= 4 is 5.91 Å². The molecule has 1 amide bonds. The van der Waals surface area contributed by atoms with Crippen LogP contribution >= 0.6 is 0 Å². The molecule has 1 saturated heterocycles. The molecule has 1 aliphatic heterocycles. The standard InChI is InChI=1S/C10H17NO/c1-7(2)10-4-9(10)5-11(6-10)8(3)12/h7,9H,4-6H2,1-3H3. The van der Waals surface area contributed by atoms with Gasteiger partial charge in [-0.3, -0.25) is 4.79 Å². The predicted octanol–water partition coefficient (Wildman–Crippen LogP) is 1.51. The maximum absolute atomic E-state index is 11.1. The van der Waals surface area contributed by atoms with Gasteiger partial charge in [0.2, 0.25) is 5.91 Å². The van der Waals surface area contributed by atoms with Gasteiger partial charge in [-0.2, -0.15) is 0 Å². The van der Waals surface area contributed by atoms with Crippen LogP contribution in [0.2, 0.25) is 0 Å². The highest BCUT2D eigenvalue weighted by molar-refractivity contribution is 5.74. The summed E-state index contributed by atoms with van der Waals surface area (Å²) in [7, 11) is 0. The van der Waals surface area contributed by atoms with Gasteiger partial charge >= 0.3 is 0 Å². The SMILES string of the molecule is CC(=O)N1CC2CC2(C(C)C)C1. The number of amides is 1. The third-order valence-electron chi connectivity index (χ3n) is 3.80. The Balaban J connectivity index is 2.05. The number of hydrogen-bond acceptors (Lipinski definition) is 1. The molecule has 0 radical (unpaired) electrons. The van der Waals surface area contributed by atoms with Gasteiger partial charge in [0.1, 0.15) is 0 Å². The highest BCUT2D eigenvalue weighted by Crippen LogP contribution is 2.62. The van der Waals surface area contributed by atoms with Gasteiger partial charge in [-0.15, -0.1) is 0 Å². The zero-order chi connectivity index (χ0) is 8.93. The summed E-state index contributed by atoms with van der Waals surface area (Å²) in [6, 6.07) is 0. The molecule has 1 aliphatic carbocycles. The van der Waals surface area contributed by atoms with Crippen LogP contribution in [0, 0.1) is 17.3 Å². The average Bonchev–Trinajstić information content (AvgIpc) is 2.55. The molecule has 2 fully saturated rings. The van der Waals surface area contributed by atoms with Gasteiger partial charge in [0.15, 0.2) is 0 Å². The Morgan fingerprint density at radius 3 is 2.58 bits per heavy atom. The lowest BCUT2D eigenvalue weighted by Crippen LogP contribution is -2.30. The lowest BCUT2D eigenvalue weighted by molar-refractivity contribution is -0.128. The summed E-state index contributed by atoms with van der Waals surface area (Å²) in [4.78, 5) is 13.1. The number of rotatable bonds is 1. The molecule has 2 atom stereocenters. The highest BCUT2D eigenvalue weighted by atomic mass is 16.2. The number of nitrogens with zero attached hydrogens (tertiary/aromatic N) is 1. The number of likely N-dealkylation sites (tertiary alicyclic amines) is 1. The first-order chi connectivity index (χ1) is 5.56. The van der Waals surface area contributed by atoms with Crippen molar-refractivity contribution in [2.75, 3.05) is 13.1 Å². The smallest absolute Gasteiger partial charge is 0.219 e. The van der Waals surface area contributed by atoms with Crippen LogP contribution < -0.4 is 0 Å². The first-order valence-electron chi connectivity index (χ1n) is 4.82. The number of piperidine rings is 1. The Morgan fingerprint density at radius 2 is 2.25 bits per heavy atom. The molecule has 0 N–H and O–H groups in total. The minimum absolute atomic E-state index is 0.252. The van der Waals surface area contributed by atoms with Gasteiger partial charge in [-0.25, -0.2) is 0 Å². The summed E-state index contributed by atoms with van der Waals surface area (Å²) in [6.45, 7) is 8.28. The van der Waals surface area contributed by atoms with Crippen molar-refractivity contribution in [1.29, 1.82) is 0 Å². The summed E-state index contributed by atoms with van der Waals surface area (Å²) in [6.07, 6.45) is 1.36. The zero-order valence-electron chi connectivity index (χ0n) is 8.13. The van der Waals surface area contributed by atoms with E-state index < -0.39 is 0 Å². The summed E-state index contributed by atoms with van der Waals surface area (Å²) in [5.41, 5.74) is 0.520. The van der Waals surface area contributed by atoms with Crippen LogP contribution in [-0.2, 0) is 4.79 Å². The molecule has 2 heteroatoms. The molecule has 2 unspecified atom stereocenters. The van der Waals surface area contributed by atoms with Crippen molar-refractivity contribution in [2.24, 2.45) is 17.3 Å². The molecule has 68 valence electrons. The third-order valence-corrected chi connectivity index (χ3v) is 3.80. The van der Waals surface area contributed by atoms with Crippen molar-refractivity contribution in [3.05, 3.63) is 0 Å². The number of carbonyl (C=O) groups excluding carboxylic acids is 1. The largest absolute Gasteiger partial charge is 0.342 e. The normalized spacial score (nSPS) is 38.7. The number of fused-ring (bicyclic) bond motifs is 1. The Labute approximate surface area is 73.9 Å². The number of carbonyl (C=O) groups is 1. The summed E-state index contributed by atoms with van der Waals surface area (Å²) in [5, 5.41) is 0. The molecule has 0 aromatic heterocycles. The van der Waals surface area contributed by atoms with Crippen molar-refractivity contribution in [2.45, 2.75) is 27.2 Å². The van der Waals surface area contributed by atoms with E-state index in [9.17, 15) is 4.79 Å². The van der Waals surface area contributed by atoms with Crippen LogP contribution in [-0.4, -0.2) is 23.9 Å². The monoisotopic (exact) mass is 167 g/mol. The molecule has 1 heterocycles. The average molecular weight is 167 g/mol. The predicted molar refractivity (Wildman–Crippen MR) is 47.6 cm³/mol. The molecule has 12 heavy (non-hydrogen) atoms. The molecule has 2 rings (SSSR count). The van der Waals surface area contributed by atoms with E-state index in [4.69, 9.17) is 0 Å². The van der Waals surface area contributed by atoms with E-state index in [-0.39, 0.29) is 5.91 Å². The Bertz CT molecular complexity index is 224. The topological polar surface area (TPSA) is 20.3 Å². The van der Waals surface area contributed by atoms with Crippen molar-refractivity contribution in [1.82, 2.24) is 4.90 Å². The molecule has 0 spiro atoms. The van der Waals surface area contributed by atoms with E-state index in [0.29, 0.717) is 5.41 Å². The minimum Gasteiger partial charge on any atom is -0.342 e. The second kappa shape index (κ2) is 2.24. The molecule has 0 bridgehead atoms. The minimum atomic E-state index is 0.252. The van der Waals surface area contributed by atoms with Gasteiger partial charge in [-0.1, -0.05) is 13.8 Å². The van der Waals surface area contributed by atoms with E-state index in [2.05, 4.69) is 13.8 Å². The molecule has 0 aromatic carbocycles. The summed E-state index contributed by atoms with van der Waals surface area (Å²) >= 11 is 0. The lowest BCUT2D eigenvalue weighted by atomic mass is 9.92. The summed E-state index contributed by atoms with van der Waals surface area (Å²) < 4.78 is 0. The van der Waals surface area contributed by atoms with Gasteiger partial charge < -0.3 is 4.90 Å². The van der Waals surface area contributed by atoms with E-state index in [1.54, 1.807) is 6.92 Å². The fourth-order valence-corrected chi connectivity index (χ4v) is 2.66. The van der Waals surface area contributed by atoms with E-state index in [1.165, 1.54) is 6.42 Å². The first-order valence-corrected chi connectivity index (χ1v) is 4.82. The van der Waals surface area contributed by atoms with E-state index in [0.717, 1.165) is 24.9 Å². The molecule has 1 saturated carbocycles. The fraction of sp³-hybridized carbons (Fsp3) is 0.900. The molecular formula is C10H17NO. The van der Waals surface area contributed by atoms with Crippen molar-refractivity contribution < 1.29 is 4.79 Å². The Morgan fingerprint density at radius 1 is 1.58 bits per heavy atom. The Hall–Kier alpha value is -0.530. The second-order valence-corrected chi connectivity index (χ2v) is 4.69. The van der Waals surface area contributed by atoms with Gasteiger partial charge in [-0.05, 0) is 23.7 Å². The maximum atomic E-state index is 11.1. The zero-order valence-corrected chi connectivity index (χ0v) is 8.13. The van der Waals surface area contributed by atoms with Crippen LogP contribution in [0.3, 0.4) is 0 Å². The van der Waals surface area contributed by atoms with Crippen LogP contribution in [0.1, 0.15) is 27.2 Å². The second-order valence-electron chi connectivity index (χ2n) is 4.69.